The fraction of sp³-hybridized carbons (Fsp3) is 0.133. The van der Waals surface area contributed by atoms with E-state index in [0.29, 0.717) is 5.56 Å². The molecular formula is C15H12F2OS. The molecule has 0 saturated heterocycles. The van der Waals surface area contributed by atoms with Crippen molar-refractivity contribution in [1.82, 2.24) is 0 Å². The number of aryl methyl sites for hydroxylation is 1. The van der Waals surface area contributed by atoms with Crippen LogP contribution in [0.2, 0.25) is 0 Å². The second kappa shape index (κ2) is 5.53. The Morgan fingerprint density at radius 2 is 1.68 bits per heavy atom. The Kier molecular flexibility index (Phi) is 4.00. The van der Waals surface area contributed by atoms with Gasteiger partial charge >= 0.3 is 0 Å². The van der Waals surface area contributed by atoms with E-state index >= 15 is 0 Å². The summed E-state index contributed by atoms with van der Waals surface area (Å²) in [6, 6.07) is 8.88. The van der Waals surface area contributed by atoms with Crippen molar-refractivity contribution in [3.8, 4) is 0 Å². The number of hydrogen-bond acceptors (Lipinski definition) is 2. The van der Waals surface area contributed by atoms with Gasteiger partial charge in [-0.15, -0.1) is 11.8 Å². The van der Waals surface area contributed by atoms with Crippen LogP contribution in [0.3, 0.4) is 0 Å². The molecule has 0 atom stereocenters. The van der Waals surface area contributed by atoms with Crippen LogP contribution in [0.4, 0.5) is 8.78 Å². The highest BCUT2D eigenvalue weighted by Crippen LogP contribution is 2.20. The third-order valence-electron chi connectivity index (χ3n) is 2.85. The molecular weight excluding hydrogens is 266 g/mol. The van der Waals surface area contributed by atoms with Crippen LogP contribution in [-0.4, -0.2) is 12.0 Å². The van der Waals surface area contributed by atoms with Crippen LogP contribution < -0.4 is 0 Å². The first-order valence-electron chi connectivity index (χ1n) is 5.67. The van der Waals surface area contributed by atoms with Crippen LogP contribution in [0.15, 0.2) is 41.3 Å². The topological polar surface area (TPSA) is 17.1 Å². The largest absolute Gasteiger partial charge is 0.288 e. The summed E-state index contributed by atoms with van der Waals surface area (Å²) < 4.78 is 26.8. The Morgan fingerprint density at radius 1 is 1.05 bits per heavy atom. The zero-order valence-electron chi connectivity index (χ0n) is 10.5. The van der Waals surface area contributed by atoms with Crippen LogP contribution in [0.5, 0.6) is 0 Å². The van der Waals surface area contributed by atoms with Gasteiger partial charge in [-0.2, -0.15) is 0 Å². The maximum Gasteiger partial charge on any atom is 0.195 e. The summed E-state index contributed by atoms with van der Waals surface area (Å²) in [7, 11) is 0. The smallest absolute Gasteiger partial charge is 0.195 e. The second-order valence-corrected chi connectivity index (χ2v) is 5.02. The molecule has 0 heterocycles. The molecule has 0 aliphatic carbocycles. The molecule has 0 radical (unpaired) electrons. The van der Waals surface area contributed by atoms with E-state index in [1.807, 2.05) is 6.26 Å². The van der Waals surface area contributed by atoms with Gasteiger partial charge in [0.25, 0.3) is 0 Å². The van der Waals surface area contributed by atoms with Gasteiger partial charge in [-0.3, -0.25) is 4.79 Å². The first-order chi connectivity index (χ1) is 9.02. The lowest BCUT2D eigenvalue weighted by Crippen LogP contribution is -2.05. The standard InChI is InChI=1S/C15H12F2OS/c1-9-7-12(14(17)8-13(9)16)15(18)10-3-5-11(19-2)6-4-10/h3-8H,1-2H3. The van der Waals surface area contributed by atoms with E-state index in [1.165, 1.54) is 13.0 Å². The fourth-order valence-corrected chi connectivity index (χ4v) is 2.14. The van der Waals surface area contributed by atoms with Crippen molar-refractivity contribution in [2.75, 3.05) is 6.26 Å². The van der Waals surface area contributed by atoms with Crippen molar-refractivity contribution in [2.24, 2.45) is 0 Å². The lowest BCUT2D eigenvalue weighted by atomic mass is 10.0. The van der Waals surface area contributed by atoms with Crippen molar-refractivity contribution < 1.29 is 13.6 Å². The molecule has 0 fully saturated rings. The van der Waals surface area contributed by atoms with Gasteiger partial charge in [0.2, 0.25) is 0 Å². The molecule has 0 amide bonds. The molecule has 4 heteroatoms. The minimum absolute atomic E-state index is 0.101. The molecule has 2 aromatic carbocycles. The van der Waals surface area contributed by atoms with E-state index < -0.39 is 17.4 Å². The van der Waals surface area contributed by atoms with E-state index in [-0.39, 0.29) is 11.1 Å². The average molecular weight is 278 g/mol. The predicted octanol–water partition coefficient (Wildman–Crippen LogP) is 4.23. The minimum Gasteiger partial charge on any atom is -0.288 e. The summed E-state index contributed by atoms with van der Waals surface area (Å²) in [6.45, 7) is 1.50. The van der Waals surface area contributed by atoms with Crippen LogP contribution in [0.1, 0.15) is 21.5 Å². The van der Waals surface area contributed by atoms with E-state index in [1.54, 1.807) is 36.0 Å². The molecule has 0 saturated carbocycles. The highest BCUT2D eigenvalue weighted by atomic mass is 32.2. The molecule has 2 rings (SSSR count). The van der Waals surface area contributed by atoms with E-state index in [9.17, 15) is 13.6 Å². The van der Waals surface area contributed by atoms with Gasteiger partial charge in [-0.1, -0.05) is 0 Å². The number of ketones is 1. The molecule has 19 heavy (non-hydrogen) atoms. The van der Waals surface area contributed by atoms with Crippen molar-refractivity contribution in [1.29, 1.82) is 0 Å². The number of carbonyl (C=O) groups excluding carboxylic acids is 1. The number of carbonyl (C=O) groups is 1. The Morgan fingerprint density at radius 3 is 2.26 bits per heavy atom. The first-order valence-corrected chi connectivity index (χ1v) is 6.90. The first kappa shape index (κ1) is 13.7. The van der Waals surface area contributed by atoms with Gasteiger partial charge < -0.3 is 0 Å². The van der Waals surface area contributed by atoms with Gasteiger partial charge in [-0.05, 0) is 49.1 Å². The lowest BCUT2D eigenvalue weighted by molar-refractivity contribution is 0.103. The van der Waals surface area contributed by atoms with Crippen LogP contribution in [0.25, 0.3) is 0 Å². The quantitative estimate of drug-likeness (QED) is 0.617. The van der Waals surface area contributed by atoms with Crippen LogP contribution in [0, 0.1) is 18.6 Å². The zero-order valence-corrected chi connectivity index (χ0v) is 11.4. The molecule has 1 nitrogen and oxygen atoms in total. The Labute approximate surface area is 114 Å². The fourth-order valence-electron chi connectivity index (χ4n) is 1.73. The predicted molar refractivity (Wildman–Crippen MR) is 72.8 cm³/mol. The minimum atomic E-state index is -0.831. The van der Waals surface area contributed by atoms with Crippen molar-refractivity contribution in [3.05, 3.63) is 64.7 Å². The van der Waals surface area contributed by atoms with Gasteiger partial charge in [0, 0.05) is 16.5 Å². The van der Waals surface area contributed by atoms with Crippen molar-refractivity contribution >= 4 is 17.5 Å². The Hall–Kier alpha value is -1.68. The molecule has 0 aliphatic heterocycles. The highest BCUT2D eigenvalue weighted by molar-refractivity contribution is 7.98. The number of halogens is 2. The summed E-state index contributed by atoms with van der Waals surface area (Å²) in [5.41, 5.74) is 0.545. The molecule has 0 aromatic heterocycles. The van der Waals surface area contributed by atoms with E-state index in [4.69, 9.17) is 0 Å². The molecule has 0 spiro atoms. The van der Waals surface area contributed by atoms with Gasteiger partial charge in [0.05, 0.1) is 5.56 Å². The third kappa shape index (κ3) is 2.84. The van der Waals surface area contributed by atoms with Crippen molar-refractivity contribution in [3.63, 3.8) is 0 Å². The van der Waals surface area contributed by atoms with Crippen LogP contribution in [-0.2, 0) is 0 Å². The number of thioether (sulfide) groups is 1. The van der Waals surface area contributed by atoms with Crippen LogP contribution >= 0.6 is 11.8 Å². The molecule has 0 bridgehead atoms. The third-order valence-corrected chi connectivity index (χ3v) is 3.59. The number of hydrogen-bond donors (Lipinski definition) is 0. The zero-order chi connectivity index (χ0) is 14.0. The average Bonchev–Trinajstić information content (AvgIpc) is 2.42. The van der Waals surface area contributed by atoms with Gasteiger partial charge in [0.1, 0.15) is 11.6 Å². The SMILES string of the molecule is CSc1ccc(C(=O)c2cc(C)c(F)cc2F)cc1. The summed E-state index contributed by atoms with van der Waals surface area (Å²) >= 11 is 1.56. The number of rotatable bonds is 3. The maximum absolute atomic E-state index is 13.6. The monoisotopic (exact) mass is 278 g/mol. The molecule has 0 unspecified atom stereocenters. The number of benzene rings is 2. The summed E-state index contributed by atoms with van der Waals surface area (Å²) in [5.74, 6) is -1.91. The Bertz CT molecular complexity index is 621. The summed E-state index contributed by atoms with van der Waals surface area (Å²) in [4.78, 5) is 13.2. The highest BCUT2D eigenvalue weighted by Gasteiger charge is 2.16. The molecule has 0 aliphatic rings. The molecule has 0 N–H and O–H groups in total. The van der Waals surface area contributed by atoms with E-state index in [2.05, 4.69) is 0 Å². The maximum atomic E-state index is 13.6. The van der Waals surface area contributed by atoms with Gasteiger partial charge in [0.15, 0.2) is 5.78 Å². The summed E-state index contributed by atoms with van der Waals surface area (Å²) in [5, 5.41) is 0. The van der Waals surface area contributed by atoms with Gasteiger partial charge in [-0.25, -0.2) is 8.78 Å². The molecule has 2 aromatic rings. The molecule has 98 valence electrons. The normalized spacial score (nSPS) is 10.5. The summed E-state index contributed by atoms with van der Waals surface area (Å²) in [6.07, 6.45) is 1.93. The second-order valence-electron chi connectivity index (χ2n) is 4.14. The lowest BCUT2D eigenvalue weighted by Gasteiger charge is -2.06. The van der Waals surface area contributed by atoms with Crippen molar-refractivity contribution in [2.45, 2.75) is 11.8 Å². The van der Waals surface area contributed by atoms with E-state index in [0.717, 1.165) is 11.0 Å². The Balaban J connectivity index is 2.40.